The molecule has 34 heavy (non-hydrogen) atoms. The van der Waals surface area contributed by atoms with Gasteiger partial charge in [-0.3, -0.25) is 14.5 Å². The van der Waals surface area contributed by atoms with Crippen molar-refractivity contribution in [1.29, 1.82) is 0 Å². The lowest BCUT2D eigenvalue weighted by atomic mass is 9.89. The topological polar surface area (TPSA) is 49.9 Å². The van der Waals surface area contributed by atoms with Crippen molar-refractivity contribution in [2.75, 3.05) is 26.2 Å². The molecule has 0 aromatic heterocycles. The van der Waals surface area contributed by atoms with E-state index in [9.17, 15) is 9.59 Å². The molecule has 0 saturated carbocycles. The SMILES string of the molecule is Cc1ccc(C2=C(N3CCC(Cc4ccccc4)CC3)C(=O)N(CC3CCCO3)C2=O)cc1C. The first-order valence-corrected chi connectivity index (χ1v) is 12.6. The van der Waals surface area contributed by atoms with E-state index in [1.165, 1.54) is 16.0 Å². The Morgan fingerprint density at radius 2 is 1.68 bits per heavy atom. The third kappa shape index (κ3) is 4.54. The zero-order valence-corrected chi connectivity index (χ0v) is 20.3. The zero-order chi connectivity index (χ0) is 23.7. The second-order valence-corrected chi connectivity index (χ2v) is 10.00. The van der Waals surface area contributed by atoms with Crippen LogP contribution in [0, 0.1) is 19.8 Å². The molecule has 5 rings (SSSR count). The summed E-state index contributed by atoms with van der Waals surface area (Å²) in [6.45, 7) is 6.78. The third-order valence-corrected chi connectivity index (χ3v) is 7.65. The number of piperidine rings is 1. The number of aryl methyl sites for hydroxylation is 2. The molecule has 0 bridgehead atoms. The summed E-state index contributed by atoms with van der Waals surface area (Å²) >= 11 is 0. The highest BCUT2D eigenvalue weighted by Gasteiger charge is 2.43. The van der Waals surface area contributed by atoms with Gasteiger partial charge in [0.25, 0.3) is 11.8 Å². The fourth-order valence-corrected chi connectivity index (χ4v) is 5.48. The summed E-state index contributed by atoms with van der Waals surface area (Å²) < 4.78 is 5.76. The number of likely N-dealkylation sites (tertiary alicyclic amines) is 1. The smallest absolute Gasteiger partial charge is 0.277 e. The molecule has 1 unspecified atom stereocenters. The van der Waals surface area contributed by atoms with Crippen LogP contribution in [0.1, 0.15) is 47.9 Å². The average Bonchev–Trinajstić information content (AvgIpc) is 3.44. The van der Waals surface area contributed by atoms with Gasteiger partial charge in [-0.2, -0.15) is 0 Å². The highest BCUT2D eigenvalue weighted by Crippen LogP contribution is 2.35. The van der Waals surface area contributed by atoms with Gasteiger partial charge >= 0.3 is 0 Å². The van der Waals surface area contributed by atoms with Gasteiger partial charge < -0.3 is 9.64 Å². The summed E-state index contributed by atoms with van der Waals surface area (Å²) in [7, 11) is 0. The van der Waals surface area contributed by atoms with E-state index >= 15 is 0 Å². The molecule has 2 saturated heterocycles. The molecular weight excluding hydrogens is 424 g/mol. The molecule has 2 aromatic rings. The number of carbonyl (C=O) groups is 2. The Kier molecular flexibility index (Phi) is 6.55. The van der Waals surface area contributed by atoms with E-state index in [-0.39, 0.29) is 17.9 Å². The monoisotopic (exact) mass is 458 g/mol. The van der Waals surface area contributed by atoms with Crippen LogP contribution in [-0.2, 0) is 20.7 Å². The summed E-state index contributed by atoms with van der Waals surface area (Å²) in [5.41, 5.74) is 5.67. The molecule has 0 radical (unpaired) electrons. The van der Waals surface area contributed by atoms with Crippen molar-refractivity contribution in [2.24, 2.45) is 5.92 Å². The maximum absolute atomic E-state index is 13.7. The lowest BCUT2D eigenvalue weighted by Crippen LogP contribution is -2.41. The van der Waals surface area contributed by atoms with Crippen LogP contribution in [0.2, 0.25) is 0 Å². The number of hydrogen-bond acceptors (Lipinski definition) is 4. The van der Waals surface area contributed by atoms with Gasteiger partial charge in [0.1, 0.15) is 5.70 Å². The number of hydrogen-bond donors (Lipinski definition) is 0. The van der Waals surface area contributed by atoms with Gasteiger partial charge in [-0.05, 0) is 74.1 Å². The van der Waals surface area contributed by atoms with E-state index in [2.05, 4.69) is 49.1 Å². The van der Waals surface area contributed by atoms with Crippen molar-refractivity contribution >= 4 is 17.4 Å². The van der Waals surface area contributed by atoms with Crippen molar-refractivity contribution in [2.45, 2.75) is 52.1 Å². The normalized spacial score (nSPS) is 21.8. The first kappa shape index (κ1) is 22.9. The van der Waals surface area contributed by atoms with E-state index in [4.69, 9.17) is 4.74 Å². The van der Waals surface area contributed by atoms with Gasteiger partial charge in [-0.25, -0.2) is 0 Å². The number of benzene rings is 2. The zero-order valence-electron chi connectivity index (χ0n) is 20.3. The van der Waals surface area contributed by atoms with Crippen LogP contribution in [0.5, 0.6) is 0 Å². The summed E-state index contributed by atoms with van der Waals surface area (Å²) in [5, 5.41) is 0. The van der Waals surface area contributed by atoms with Crippen LogP contribution in [0.15, 0.2) is 54.2 Å². The molecule has 0 aliphatic carbocycles. The third-order valence-electron chi connectivity index (χ3n) is 7.65. The number of amides is 2. The van der Waals surface area contributed by atoms with Crippen LogP contribution in [0.3, 0.4) is 0 Å². The lowest BCUT2D eigenvalue weighted by molar-refractivity contribution is -0.139. The first-order valence-electron chi connectivity index (χ1n) is 12.6. The number of nitrogens with zero attached hydrogens (tertiary/aromatic N) is 2. The molecule has 2 fully saturated rings. The Bertz CT molecular complexity index is 1090. The second-order valence-electron chi connectivity index (χ2n) is 10.00. The van der Waals surface area contributed by atoms with Crippen molar-refractivity contribution in [1.82, 2.24) is 9.80 Å². The first-order chi connectivity index (χ1) is 16.5. The summed E-state index contributed by atoms with van der Waals surface area (Å²) in [6.07, 6.45) is 4.94. The minimum atomic E-state index is -0.176. The molecule has 2 amide bonds. The van der Waals surface area contributed by atoms with E-state index < -0.39 is 0 Å². The summed E-state index contributed by atoms with van der Waals surface area (Å²) in [4.78, 5) is 30.9. The number of ether oxygens (including phenoxy) is 1. The van der Waals surface area contributed by atoms with Crippen molar-refractivity contribution in [3.63, 3.8) is 0 Å². The molecule has 0 N–H and O–H groups in total. The molecule has 178 valence electrons. The standard InChI is InChI=1S/C29H34N2O3/c1-20-10-11-24(17-21(20)2)26-27(29(33)31(28(26)32)19-25-9-6-16-34-25)30-14-12-23(13-15-30)18-22-7-4-3-5-8-22/h3-5,7-8,10-11,17,23,25H,6,9,12-16,18-19H2,1-2H3. The molecule has 3 aliphatic rings. The average molecular weight is 459 g/mol. The van der Waals surface area contributed by atoms with Crippen LogP contribution >= 0.6 is 0 Å². The van der Waals surface area contributed by atoms with Gasteiger partial charge in [0.05, 0.1) is 18.2 Å². The molecule has 3 heterocycles. The highest BCUT2D eigenvalue weighted by atomic mass is 16.5. The van der Waals surface area contributed by atoms with E-state index in [1.807, 2.05) is 18.2 Å². The highest BCUT2D eigenvalue weighted by molar-refractivity contribution is 6.35. The Balaban J connectivity index is 1.40. The predicted molar refractivity (Wildman–Crippen MR) is 133 cm³/mol. The lowest BCUT2D eigenvalue weighted by Gasteiger charge is -2.34. The molecule has 0 spiro atoms. The van der Waals surface area contributed by atoms with Gasteiger partial charge in [-0.15, -0.1) is 0 Å². The molecule has 1 atom stereocenters. The number of imide groups is 1. The van der Waals surface area contributed by atoms with E-state index in [1.54, 1.807) is 0 Å². The maximum Gasteiger partial charge on any atom is 0.277 e. The number of rotatable bonds is 6. The Labute approximate surface area is 202 Å². The second kappa shape index (κ2) is 9.75. The van der Waals surface area contributed by atoms with Crippen LogP contribution in [0.25, 0.3) is 5.57 Å². The van der Waals surface area contributed by atoms with Gasteiger partial charge in [-0.1, -0.05) is 48.5 Å². The molecule has 5 heteroatoms. The van der Waals surface area contributed by atoms with E-state index in [0.29, 0.717) is 30.3 Å². The van der Waals surface area contributed by atoms with Gasteiger partial charge in [0.2, 0.25) is 0 Å². The minimum Gasteiger partial charge on any atom is -0.376 e. The fraction of sp³-hybridized carbons (Fsp3) is 0.448. The maximum atomic E-state index is 13.7. The largest absolute Gasteiger partial charge is 0.376 e. The van der Waals surface area contributed by atoms with Crippen LogP contribution < -0.4 is 0 Å². The van der Waals surface area contributed by atoms with Crippen molar-refractivity contribution in [3.8, 4) is 0 Å². The summed E-state index contributed by atoms with van der Waals surface area (Å²) in [6, 6.07) is 16.7. The van der Waals surface area contributed by atoms with Crippen molar-refractivity contribution in [3.05, 3.63) is 76.5 Å². The Morgan fingerprint density at radius 3 is 2.35 bits per heavy atom. The Hall–Kier alpha value is -2.92. The minimum absolute atomic E-state index is 0.0511. The predicted octanol–water partition coefficient (Wildman–Crippen LogP) is 4.52. The fourth-order valence-electron chi connectivity index (χ4n) is 5.48. The molecule has 5 nitrogen and oxygen atoms in total. The quantitative estimate of drug-likeness (QED) is 0.598. The van der Waals surface area contributed by atoms with Crippen molar-refractivity contribution < 1.29 is 14.3 Å². The van der Waals surface area contributed by atoms with Gasteiger partial charge in [0, 0.05) is 19.7 Å². The summed E-state index contributed by atoms with van der Waals surface area (Å²) in [5.74, 6) is 0.264. The van der Waals surface area contributed by atoms with Gasteiger partial charge in [0.15, 0.2) is 0 Å². The number of carbonyl (C=O) groups excluding carboxylic acids is 2. The van der Waals surface area contributed by atoms with E-state index in [0.717, 1.165) is 56.3 Å². The Morgan fingerprint density at radius 1 is 0.912 bits per heavy atom. The molecule has 2 aromatic carbocycles. The van der Waals surface area contributed by atoms with Crippen LogP contribution in [-0.4, -0.2) is 54.0 Å². The molecule has 3 aliphatic heterocycles. The van der Waals surface area contributed by atoms with Crippen LogP contribution in [0.4, 0.5) is 0 Å². The molecular formula is C29H34N2O3.